The molecule has 10 heteroatoms. The van der Waals surface area contributed by atoms with Crippen molar-refractivity contribution in [1.29, 1.82) is 0 Å². The molecule has 10 rings (SSSR count). The second-order valence-electron chi connectivity index (χ2n) is 14.3. The van der Waals surface area contributed by atoms with E-state index in [1.165, 1.54) is 67.4 Å². The number of benzene rings is 4. The third-order valence-corrected chi connectivity index (χ3v) is 14.1. The first kappa shape index (κ1) is 35.8. The summed E-state index contributed by atoms with van der Waals surface area (Å²) in [6, 6.07) is 35.9. The summed E-state index contributed by atoms with van der Waals surface area (Å²) < 4.78 is 3.29. The van der Waals surface area contributed by atoms with Crippen LogP contribution in [0.2, 0.25) is 0 Å². The molecule has 4 aromatic carbocycles. The van der Waals surface area contributed by atoms with Crippen molar-refractivity contribution in [2.45, 2.75) is 53.7 Å². The molecule has 1 aliphatic carbocycles. The number of aromatic nitrogens is 2. The van der Waals surface area contributed by atoms with Gasteiger partial charge in [-0.2, -0.15) is 0 Å². The van der Waals surface area contributed by atoms with E-state index in [-0.39, 0.29) is 23.8 Å². The monoisotopic (exact) mass is 782 g/mol. The normalized spacial score (nSPS) is 17.2. The lowest BCUT2D eigenvalue weighted by Gasteiger charge is -2.17. The predicted molar refractivity (Wildman–Crippen MR) is 224 cm³/mol. The standard InChI is InChI=1S/C23H17NO3S2.C22H21NO2S/c25-20-12-16(11-15-7-3-6-14-5-1-2-8-17(14)15)21(19-9-4-10-28-19)22-24(20)18(13-29-22)23(26)27;24-12-18-13-26-22-21(15-8-9-15)17(11-20(25)23(18)22)10-16-6-3-5-14-4-1-2-7-19(14)16/h1-10,12,18H,11,13H2,(H,26,27);1-7,11,15,18,24H,8-10,12-13H2/t2*18-/m01/s1. The van der Waals surface area contributed by atoms with E-state index in [9.17, 15) is 24.6 Å². The molecule has 5 heterocycles. The summed E-state index contributed by atoms with van der Waals surface area (Å²) in [5.41, 5.74) is 6.68. The first-order valence-corrected chi connectivity index (χ1v) is 21.4. The van der Waals surface area contributed by atoms with Crippen LogP contribution in [0.3, 0.4) is 0 Å². The summed E-state index contributed by atoms with van der Waals surface area (Å²) in [5, 5.41) is 27.9. The van der Waals surface area contributed by atoms with Gasteiger partial charge >= 0.3 is 5.97 Å². The van der Waals surface area contributed by atoms with Gasteiger partial charge in [0, 0.05) is 34.1 Å². The molecule has 0 saturated heterocycles. The fraction of sp³-hybridized carbons (Fsp3) is 0.222. The number of fused-ring (bicyclic) bond motifs is 4. The van der Waals surface area contributed by atoms with Crippen LogP contribution in [0, 0.1) is 0 Å². The summed E-state index contributed by atoms with van der Waals surface area (Å²) in [7, 11) is 0. The van der Waals surface area contributed by atoms with Crippen molar-refractivity contribution in [3.63, 3.8) is 0 Å². The lowest BCUT2D eigenvalue weighted by Crippen LogP contribution is -2.29. The van der Waals surface area contributed by atoms with E-state index in [0.717, 1.165) is 43.8 Å². The largest absolute Gasteiger partial charge is 0.480 e. The van der Waals surface area contributed by atoms with Gasteiger partial charge in [0.15, 0.2) is 0 Å². The maximum atomic E-state index is 12.9. The topological polar surface area (TPSA) is 102 Å². The second-order valence-corrected chi connectivity index (χ2v) is 17.3. The van der Waals surface area contributed by atoms with Crippen LogP contribution in [0.4, 0.5) is 0 Å². The van der Waals surface area contributed by atoms with Gasteiger partial charge in [-0.1, -0.05) is 91.0 Å². The molecular weight excluding hydrogens is 745 g/mol. The van der Waals surface area contributed by atoms with Crippen molar-refractivity contribution < 1.29 is 15.0 Å². The van der Waals surface area contributed by atoms with Crippen LogP contribution in [0.25, 0.3) is 32.0 Å². The summed E-state index contributed by atoms with van der Waals surface area (Å²) in [4.78, 5) is 38.4. The number of aliphatic hydroxyl groups excluding tert-OH is 1. The molecular formula is C45H38N2O5S3. The maximum absolute atomic E-state index is 12.9. The summed E-state index contributed by atoms with van der Waals surface area (Å²) >= 11 is 4.81. The zero-order valence-corrected chi connectivity index (χ0v) is 32.3. The van der Waals surface area contributed by atoms with E-state index >= 15 is 0 Å². The minimum atomic E-state index is -0.961. The van der Waals surface area contributed by atoms with E-state index in [4.69, 9.17) is 0 Å². The number of nitrogens with zero attached hydrogens (tertiary/aromatic N) is 2. The molecule has 1 fully saturated rings. The van der Waals surface area contributed by atoms with Gasteiger partial charge in [0.05, 0.1) is 22.7 Å². The molecule has 2 N–H and O–H groups in total. The molecule has 2 aliphatic heterocycles. The van der Waals surface area contributed by atoms with Crippen LogP contribution < -0.4 is 11.1 Å². The number of carbonyl (C=O) groups is 1. The molecule has 276 valence electrons. The van der Waals surface area contributed by atoms with Crippen LogP contribution in [0.5, 0.6) is 0 Å². The van der Waals surface area contributed by atoms with Crippen LogP contribution in [-0.4, -0.2) is 43.4 Å². The molecule has 0 amide bonds. The minimum absolute atomic E-state index is 0.0312. The Morgan fingerprint density at radius 2 is 1.27 bits per heavy atom. The number of carboxylic acids is 1. The van der Waals surface area contributed by atoms with Gasteiger partial charge in [0.1, 0.15) is 6.04 Å². The Morgan fingerprint density at radius 3 is 1.89 bits per heavy atom. The Hall–Kier alpha value is -4.87. The SMILES string of the molecule is O=C(O)[C@@H]1CSc2c(-c3cccs3)c(Cc3cccc4ccccc34)cc(=O)n21.O=c1cc(Cc2cccc3ccccc23)c(C2CC2)c2n1[C@H](CO)CS2. The molecule has 55 heavy (non-hydrogen) atoms. The lowest BCUT2D eigenvalue weighted by atomic mass is 9.95. The van der Waals surface area contributed by atoms with E-state index in [2.05, 4.69) is 66.7 Å². The predicted octanol–water partition coefficient (Wildman–Crippen LogP) is 9.16. The first-order valence-electron chi connectivity index (χ1n) is 18.5. The number of hydrogen-bond acceptors (Lipinski definition) is 7. The van der Waals surface area contributed by atoms with Crippen molar-refractivity contribution in [3.8, 4) is 10.4 Å². The second kappa shape index (κ2) is 15.0. The van der Waals surface area contributed by atoms with Crippen molar-refractivity contribution in [2.75, 3.05) is 18.1 Å². The molecule has 1 saturated carbocycles. The van der Waals surface area contributed by atoms with Gasteiger partial charge in [0.2, 0.25) is 0 Å². The van der Waals surface area contributed by atoms with E-state index in [1.54, 1.807) is 29.2 Å². The molecule has 3 aliphatic rings. The zero-order valence-electron chi connectivity index (χ0n) is 29.9. The Bertz CT molecular complexity index is 2700. The van der Waals surface area contributed by atoms with Gasteiger partial charge in [-0.05, 0) is 92.4 Å². The molecule has 2 atom stereocenters. The van der Waals surface area contributed by atoms with Gasteiger partial charge in [-0.25, -0.2) is 4.79 Å². The quantitative estimate of drug-likeness (QED) is 0.159. The molecule has 3 aromatic heterocycles. The Morgan fingerprint density at radius 1 is 0.673 bits per heavy atom. The number of thiophene rings is 1. The van der Waals surface area contributed by atoms with Gasteiger partial charge < -0.3 is 10.2 Å². The smallest absolute Gasteiger partial charge is 0.327 e. The highest BCUT2D eigenvalue weighted by molar-refractivity contribution is 7.99. The fourth-order valence-corrected chi connectivity index (χ4v) is 11.8. The molecule has 0 unspecified atom stereocenters. The van der Waals surface area contributed by atoms with Gasteiger partial charge in [-0.15, -0.1) is 34.9 Å². The Kier molecular flexibility index (Phi) is 9.76. The molecule has 7 nitrogen and oxygen atoms in total. The number of pyridine rings is 2. The van der Waals surface area contributed by atoms with Crippen molar-refractivity contribution in [3.05, 3.63) is 163 Å². The number of hydrogen-bond donors (Lipinski definition) is 2. The van der Waals surface area contributed by atoms with Crippen molar-refractivity contribution in [2.24, 2.45) is 0 Å². The molecule has 0 radical (unpaired) electrons. The van der Waals surface area contributed by atoms with Gasteiger partial charge in [0.25, 0.3) is 11.1 Å². The lowest BCUT2D eigenvalue weighted by molar-refractivity contribution is -0.140. The van der Waals surface area contributed by atoms with Crippen molar-refractivity contribution >= 4 is 62.4 Å². The molecule has 7 aromatic rings. The van der Waals surface area contributed by atoms with Crippen LogP contribution in [-0.2, 0) is 17.6 Å². The number of rotatable bonds is 8. The summed E-state index contributed by atoms with van der Waals surface area (Å²) in [6.07, 6.45) is 3.83. The fourth-order valence-electron chi connectivity index (χ4n) is 8.12. The number of carboxylic acid groups (broad SMARTS) is 1. The third kappa shape index (κ3) is 6.75. The Labute approximate surface area is 330 Å². The number of aliphatic hydroxyl groups is 1. The first-order chi connectivity index (χ1) is 26.9. The zero-order chi connectivity index (χ0) is 37.6. The van der Waals surface area contributed by atoms with E-state index in [0.29, 0.717) is 18.1 Å². The van der Waals surface area contributed by atoms with E-state index in [1.807, 2.05) is 46.3 Å². The Balaban J connectivity index is 0.000000145. The molecule has 0 bridgehead atoms. The highest BCUT2D eigenvalue weighted by atomic mass is 32.2. The van der Waals surface area contributed by atoms with Gasteiger partial charge in [-0.3, -0.25) is 18.7 Å². The van der Waals surface area contributed by atoms with Crippen molar-refractivity contribution in [1.82, 2.24) is 9.13 Å². The number of aliphatic carboxylic acids is 1. The number of thioether (sulfide) groups is 2. The minimum Gasteiger partial charge on any atom is -0.480 e. The van der Waals surface area contributed by atoms with E-state index < -0.39 is 12.0 Å². The van der Waals surface area contributed by atoms with Crippen LogP contribution in [0.15, 0.2) is 134 Å². The summed E-state index contributed by atoms with van der Waals surface area (Å²) in [5.74, 6) is 0.785. The van der Waals surface area contributed by atoms with Crippen LogP contribution >= 0.6 is 34.9 Å². The maximum Gasteiger partial charge on any atom is 0.327 e. The summed E-state index contributed by atoms with van der Waals surface area (Å²) in [6.45, 7) is 0.0344. The highest BCUT2D eigenvalue weighted by Crippen LogP contribution is 2.49. The average Bonchev–Trinajstić information content (AvgIpc) is 3.53. The van der Waals surface area contributed by atoms with Crippen LogP contribution in [0.1, 0.15) is 58.7 Å². The highest BCUT2D eigenvalue weighted by Gasteiger charge is 2.36. The average molecular weight is 783 g/mol. The third-order valence-electron chi connectivity index (χ3n) is 10.9. The molecule has 0 spiro atoms.